The molecular weight excluding hydrogens is 180 g/mol. The summed E-state index contributed by atoms with van der Waals surface area (Å²) in [4.78, 5) is 0. The van der Waals surface area contributed by atoms with Gasteiger partial charge in [-0.05, 0) is 13.0 Å². The first kappa shape index (κ1) is 7.51. The van der Waals surface area contributed by atoms with Crippen LogP contribution in [0.15, 0.2) is 0 Å². The van der Waals surface area contributed by atoms with Gasteiger partial charge in [-0.3, -0.25) is 0 Å². The van der Waals surface area contributed by atoms with Gasteiger partial charge in [0.1, 0.15) is 0 Å². The highest BCUT2D eigenvalue weighted by Gasteiger charge is 2.30. The van der Waals surface area contributed by atoms with Crippen LogP contribution in [0.5, 0.6) is 0 Å². The molecule has 3 heteroatoms. The van der Waals surface area contributed by atoms with Crippen molar-refractivity contribution in [2.45, 2.75) is 6.42 Å². The number of nitrogens with one attached hydrogen (secondary N) is 1. The standard InChI is InChI=1S/C6H13BrN2/c7-3-6(4-8)1-2-9-5-6/h9H,1-5,8H2. The fourth-order valence-corrected chi connectivity index (χ4v) is 1.85. The largest absolute Gasteiger partial charge is 0.330 e. The SMILES string of the molecule is NCC1(CBr)CCNC1. The summed E-state index contributed by atoms with van der Waals surface area (Å²) in [5.41, 5.74) is 5.97. The number of halogens is 1. The van der Waals surface area contributed by atoms with Gasteiger partial charge in [-0.2, -0.15) is 0 Å². The third kappa shape index (κ3) is 1.45. The van der Waals surface area contributed by atoms with Crippen molar-refractivity contribution in [3.8, 4) is 0 Å². The third-order valence-corrected chi connectivity index (χ3v) is 3.24. The number of hydrogen-bond acceptors (Lipinski definition) is 2. The second-order valence-electron chi connectivity index (χ2n) is 2.76. The Labute approximate surface area is 64.3 Å². The molecule has 0 bridgehead atoms. The Bertz CT molecular complexity index is 83.1. The maximum absolute atomic E-state index is 5.61. The summed E-state index contributed by atoms with van der Waals surface area (Å²) in [5.74, 6) is 0. The number of hydrogen-bond donors (Lipinski definition) is 2. The molecule has 3 N–H and O–H groups in total. The van der Waals surface area contributed by atoms with E-state index in [0.29, 0.717) is 5.41 Å². The summed E-state index contributed by atoms with van der Waals surface area (Å²) in [7, 11) is 0. The molecule has 0 spiro atoms. The van der Waals surface area contributed by atoms with Crippen LogP contribution in [0.25, 0.3) is 0 Å². The topological polar surface area (TPSA) is 38.0 Å². The highest BCUT2D eigenvalue weighted by Crippen LogP contribution is 2.25. The molecule has 0 saturated carbocycles. The van der Waals surface area contributed by atoms with Gasteiger partial charge in [-0.25, -0.2) is 0 Å². The van der Waals surface area contributed by atoms with Crippen LogP contribution >= 0.6 is 15.9 Å². The number of alkyl halides is 1. The van der Waals surface area contributed by atoms with E-state index in [-0.39, 0.29) is 0 Å². The number of nitrogens with two attached hydrogens (primary N) is 1. The third-order valence-electron chi connectivity index (χ3n) is 2.05. The van der Waals surface area contributed by atoms with Crippen molar-refractivity contribution in [2.75, 3.05) is 25.0 Å². The molecule has 0 radical (unpaired) electrons. The molecule has 1 unspecified atom stereocenters. The van der Waals surface area contributed by atoms with Crippen molar-refractivity contribution in [1.82, 2.24) is 5.32 Å². The lowest BCUT2D eigenvalue weighted by molar-refractivity contribution is 0.391. The van der Waals surface area contributed by atoms with E-state index in [1.807, 2.05) is 0 Å². The second kappa shape index (κ2) is 2.99. The Morgan fingerprint density at radius 3 is 2.67 bits per heavy atom. The van der Waals surface area contributed by atoms with Crippen molar-refractivity contribution in [2.24, 2.45) is 11.1 Å². The van der Waals surface area contributed by atoms with E-state index >= 15 is 0 Å². The van der Waals surface area contributed by atoms with Crippen LogP contribution < -0.4 is 11.1 Å². The predicted octanol–water partition coefficient (Wildman–Crippen LogP) is 0.320. The predicted molar refractivity (Wildman–Crippen MR) is 42.8 cm³/mol. The van der Waals surface area contributed by atoms with Gasteiger partial charge < -0.3 is 11.1 Å². The molecule has 1 aliphatic rings. The molecule has 1 saturated heterocycles. The first-order valence-corrected chi connectivity index (χ1v) is 4.42. The summed E-state index contributed by atoms with van der Waals surface area (Å²) in [6.45, 7) is 3.00. The molecule has 0 amide bonds. The van der Waals surface area contributed by atoms with E-state index < -0.39 is 0 Å². The normalized spacial score (nSPS) is 35.3. The van der Waals surface area contributed by atoms with Gasteiger partial charge in [0.2, 0.25) is 0 Å². The lowest BCUT2D eigenvalue weighted by Gasteiger charge is -2.22. The van der Waals surface area contributed by atoms with Crippen LogP contribution in [0.2, 0.25) is 0 Å². The summed E-state index contributed by atoms with van der Waals surface area (Å²) in [6.07, 6.45) is 1.22. The van der Waals surface area contributed by atoms with Crippen LogP contribution in [0.3, 0.4) is 0 Å². The van der Waals surface area contributed by atoms with Crippen LogP contribution in [0, 0.1) is 5.41 Å². The first-order chi connectivity index (χ1) is 4.33. The summed E-state index contributed by atoms with van der Waals surface area (Å²) < 4.78 is 0. The monoisotopic (exact) mass is 192 g/mol. The molecule has 1 fully saturated rings. The average molecular weight is 193 g/mol. The molecule has 54 valence electrons. The Kier molecular flexibility index (Phi) is 2.50. The van der Waals surface area contributed by atoms with E-state index in [2.05, 4.69) is 21.2 Å². The molecule has 1 aliphatic heterocycles. The van der Waals surface area contributed by atoms with E-state index in [4.69, 9.17) is 5.73 Å². The molecule has 1 rings (SSSR count). The second-order valence-corrected chi connectivity index (χ2v) is 3.33. The van der Waals surface area contributed by atoms with Crippen LogP contribution in [-0.2, 0) is 0 Å². The van der Waals surface area contributed by atoms with Crippen LogP contribution in [-0.4, -0.2) is 25.0 Å². The van der Waals surface area contributed by atoms with E-state index in [0.717, 1.165) is 25.0 Å². The van der Waals surface area contributed by atoms with Crippen molar-refractivity contribution in [3.05, 3.63) is 0 Å². The maximum atomic E-state index is 5.61. The zero-order chi connectivity index (χ0) is 6.74. The van der Waals surface area contributed by atoms with E-state index in [1.165, 1.54) is 6.42 Å². The Hall–Kier alpha value is 0.400. The van der Waals surface area contributed by atoms with Gasteiger partial charge >= 0.3 is 0 Å². The molecule has 0 aromatic rings. The van der Waals surface area contributed by atoms with Gasteiger partial charge in [-0.15, -0.1) is 0 Å². The van der Waals surface area contributed by atoms with Gasteiger partial charge in [0.05, 0.1) is 0 Å². The first-order valence-electron chi connectivity index (χ1n) is 3.30. The van der Waals surface area contributed by atoms with Crippen LogP contribution in [0.1, 0.15) is 6.42 Å². The van der Waals surface area contributed by atoms with Gasteiger partial charge in [0, 0.05) is 23.8 Å². The summed E-state index contributed by atoms with van der Waals surface area (Å²) in [6, 6.07) is 0. The Morgan fingerprint density at radius 1 is 1.67 bits per heavy atom. The maximum Gasteiger partial charge on any atom is 0.0113 e. The zero-order valence-corrected chi connectivity index (χ0v) is 7.08. The van der Waals surface area contributed by atoms with Gasteiger partial charge in [-0.1, -0.05) is 15.9 Å². The van der Waals surface area contributed by atoms with Crippen molar-refractivity contribution >= 4 is 15.9 Å². The minimum Gasteiger partial charge on any atom is -0.330 e. The highest BCUT2D eigenvalue weighted by molar-refractivity contribution is 9.09. The molecular formula is C6H13BrN2. The van der Waals surface area contributed by atoms with Crippen molar-refractivity contribution in [3.63, 3.8) is 0 Å². The lowest BCUT2D eigenvalue weighted by Crippen LogP contribution is -2.34. The quantitative estimate of drug-likeness (QED) is 0.620. The smallest absolute Gasteiger partial charge is 0.0113 e. The molecule has 1 atom stereocenters. The van der Waals surface area contributed by atoms with E-state index in [9.17, 15) is 0 Å². The minimum absolute atomic E-state index is 0.361. The number of rotatable bonds is 2. The summed E-state index contributed by atoms with van der Waals surface area (Å²) in [5, 5.41) is 4.34. The Morgan fingerprint density at radius 2 is 2.44 bits per heavy atom. The lowest BCUT2D eigenvalue weighted by atomic mass is 9.90. The zero-order valence-electron chi connectivity index (χ0n) is 5.49. The highest BCUT2D eigenvalue weighted by atomic mass is 79.9. The Balaban J connectivity index is 2.45. The van der Waals surface area contributed by atoms with Crippen molar-refractivity contribution < 1.29 is 0 Å². The molecule has 2 nitrogen and oxygen atoms in total. The molecule has 0 aliphatic carbocycles. The molecule has 0 aromatic carbocycles. The molecule has 0 aromatic heterocycles. The van der Waals surface area contributed by atoms with Crippen LogP contribution in [0.4, 0.5) is 0 Å². The molecule has 9 heavy (non-hydrogen) atoms. The molecule has 1 heterocycles. The average Bonchev–Trinajstić information content (AvgIpc) is 2.36. The van der Waals surface area contributed by atoms with Crippen molar-refractivity contribution in [1.29, 1.82) is 0 Å². The fraction of sp³-hybridized carbons (Fsp3) is 1.00. The van der Waals surface area contributed by atoms with Gasteiger partial charge in [0.15, 0.2) is 0 Å². The fourth-order valence-electron chi connectivity index (χ4n) is 1.14. The van der Waals surface area contributed by atoms with E-state index in [1.54, 1.807) is 0 Å². The summed E-state index contributed by atoms with van der Waals surface area (Å²) >= 11 is 3.47. The minimum atomic E-state index is 0.361. The van der Waals surface area contributed by atoms with Gasteiger partial charge in [0.25, 0.3) is 0 Å².